The van der Waals surface area contributed by atoms with Crippen molar-refractivity contribution in [3.05, 3.63) is 75.8 Å². The van der Waals surface area contributed by atoms with Gasteiger partial charge in [0, 0.05) is 29.0 Å². The van der Waals surface area contributed by atoms with E-state index in [4.69, 9.17) is 16.3 Å². The van der Waals surface area contributed by atoms with E-state index in [0.717, 1.165) is 27.8 Å². The number of aliphatic imine (C=N–C) groups is 1. The average Bonchev–Trinajstić information content (AvgIpc) is 2.77. The lowest BCUT2D eigenvalue weighted by Crippen LogP contribution is -2.13. The van der Waals surface area contributed by atoms with E-state index in [0.29, 0.717) is 29.0 Å². The molecule has 30 heavy (non-hydrogen) atoms. The second-order valence-corrected chi connectivity index (χ2v) is 7.72. The summed E-state index contributed by atoms with van der Waals surface area (Å²) in [5.74, 6) is 0.926. The van der Waals surface area contributed by atoms with Gasteiger partial charge in [-0.2, -0.15) is 0 Å². The van der Waals surface area contributed by atoms with Crippen molar-refractivity contribution in [2.24, 2.45) is 4.99 Å². The van der Waals surface area contributed by atoms with E-state index >= 15 is 0 Å². The standard InChI is InChI=1S/C23H22ClN3O2S/c1-3-29-21-10-11-27-20-9-8-16(12-18(20)21)13-22(23(28)25-2)30-15-26-14-17-6-4-5-7-19(17)24/h4-13,26H,2-3,14-15H2,1H3/b22-13-. The minimum atomic E-state index is -0.365. The highest BCUT2D eigenvalue weighted by Crippen LogP contribution is 2.27. The van der Waals surface area contributed by atoms with Crippen molar-refractivity contribution in [1.29, 1.82) is 0 Å². The Kier molecular flexibility index (Phi) is 8.02. The molecule has 0 aliphatic rings. The summed E-state index contributed by atoms with van der Waals surface area (Å²) in [5.41, 5.74) is 2.70. The van der Waals surface area contributed by atoms with Gasteiger partial charge in [-0.3, -0.25) is 9.78 Å². The minimum absolute atomic E-state index is 0.365. The Morgan fingerprint density at radius 1 is 1.30 bits per heavy atom. The zero-order valence-corrected chi connectivity index (χ0v) is 18.2. The molecule has 0 saturated heterocycles. The molecule has 154 valence electrons. The summed E-state index contributed by atoms with van der Waals surface area (Å²) in [5, 5.41) is 4.90. The fraction of sp³-hybridized carbons (Fsp3) is 0.174. The summed E-state index contributed by atoms with van der Waals surface area (Å²) in [4.78, 5) is 20.7. The van der Waals surface area contributed by atoms with Crippen LogP contribution in [0.25, 0.3) is 17.0 Å². The van der Waals surface area contributed by atoms with Crippen LogP contribution in [-0.4, -0.2) is 30.1 Å². The Labute approximate surface area is 185 Å². The number of hydrogen-bond acceptors (Lipinski definition) is 5. The highest BCUT2D eigenvalue weighted by Gasteiger charge is 2.10. The van der Waals surface area contributed by atoms with E-state index in [2.05, 4.69) is 22.0 Å². The van der Waals surface area contributed by atoms with Gasteiger partial charge < -0.3 is 10.1 Å². The summed E-state index contributed by atoms with van der Waals surface area (Å²) in [6.45, 7) is 6.49. The molecule has 5 nitrogen and oxygen atoms in total. The van der Waals surface area contributed by atoms with Crippen LogP contribution >= 0.6 is 23.4 Å². The van der Waals surface area contributed by atoms with E-state index in [1.54, 1.807) is 12.3 Å². The van der Waals surface area contributed by atoms with Crippen LogP contribution in [0.4, 0.5) is 0 Å². The van der Waals surface area contributed by atoms with Crippen LogP contribution in [0, 0.1) is 0 Å². The van der Waals surface area contributed by atoms with Gasteiger partial charge in [-0.05, 0) is 55.1 Å². The van der Waals surface area contributed by atoms with Crippen LogP contribution in [0.2, 0.25) is 5.02 Å². The maximum atomic E-state index is 12.3. The number of ether oxygens (including phenoxy) is 1. The van der Waals surface area contributed by atoms with Crippen molar-refractivity contribution in [1.82, 2.24) is 10.3 Å². The Balaban J connectivity index is 1.76. The fourth-order valence-corrected chi connectivity index (χ4v) is 3.83. The molecule has 7 heteroatoms. The van der Waals surface area contributed by atoms with Crippen molar-refractivity contribution in [2.75, 3.05) is 12.5 Å². The topological polar surface area (TPSA) is 63.6 Å². The smallest absolute Gasteiger partial charge is 0.282 e. The molecule has 0 fully saturated rings. The lowest BCUT2D eigenvalue weighted by atomic mass is 10.1. The largest absolute Gasteiger partial charge is 0.493 e. The van der Waals surface area contributed by atoms with Crippen LogP contribution in [0.3, 0.4) is 0 Å². The lowest BCUT2D eigenvalue weighted by molar-refractivity contribution is -0.113. The molecule has 0 aliphatic carbocycles. The third-order valence-corrected chi connectivity index (χ3v) is 5.60. The lowest BCUT2D eigenvalue weighted by Gasteiger charge is -2.09. The van der Waals surface area contributed by atoms with Crippen molar-refractivity contribution in [2.45, 2.75) is 13.5 Å². The normalized spacial score (nSPS) is 11.5. The number of fused-ring (bicyclic) bond motifs is 1. The number of thioether (sulfide) groups is 1. The zero-order chi connectivity index (χ0) is 21.3. The van der Waals surface area contributed by atoms with Crippen molar-refractivity contribution in [3.8, 4) is 5.75 Å². The van der Waals surface area contributed by atoms with E-state index < -0.39 is 0 Å². The van der Waals surface area contributed by atoms with Gasteiger partial charge in [0.05, 0.1) is 17.0 Å². The molecular formula is C23H22ClN3O2S. The summed E-state index contributed by atoms with van der Waals surface area (Å²) in [7, 11) is 0. The minimum Gasteiger partial charge on any atom is -0.493 e. The number of amides is 1. The Hall–Kier alpha value is -2.67. The Morgan fingerprint density at radius 2 is 2.13 bits per heavy atom. The number of pyridine rings is 1. The van der Waals surface area contributed by atoms with Gasteiger partial charge in [-0.15, -0.1) is 11.8 Å². The molecule has 1 heterocycles. The molecule has 0 unspecified atom stereocenters. The van der Waals surface area contributed by atoms with Crippen molar-refractivity contribution in [3.63, 3.8) is 0 Å². The van der Waals surface area contributed by atoms with Crippen LogP contribution < -0.4 is 10.1 Å². The average molecular weight is 440 g/mol. The number of halogens is 1. The second-order valence-electron chi connectivity index (χ2n) is 6.30. The number of carbonyl (C=O) groups excluding carboxylic acids is 1. The number of rotatable bonds is 9. The molecule has 1 amide bonds. The molecule has 0 aliphatic heterocycles. The number of nitrogens with one attached hydrogen (secondary N) is 1. The first kappa shape index (κ1) is 22.0. The molecule has 1 aromatic heterocycles. The van der Waals surface area contributed by atoms with Crippen molar-refractivity contribution < 1.29 is 9.53 Å². The maximum absolute atomic E-state index is 12.3. The van der Waals surface area contributed by atoms with Gasteiger partial charge >= 0.3 is 0 Å². The van der Waals surface area contributed by atoms with E-state index in [9.17, 15) is 4.79 Å². The molecule has 2 aromatic carbocycles. The summed E-state index contributed by atoms with van der Waals surface area (Å²) in [6.07, 6.45) is 3.53. The number of hydrogen-bond donors (Lipinski definition) is 1. The molecule has 3 aromatic rings. The van der Waals surface area contributed by atoms with Gasteiger partial charge in [-0.1, -0.05) is 35.9 Å². The molecule has 0 bridgehead atoms. The molecule has 1 N–H and O–H groups in total. The quantitative estimate of drug-likeness (QED) is 0.211. The number of benzene rings is 2. The molecule has 0 atom stereocenters. The van der Waals surface area contributed by atoms with Crippen LogP contribution in [0.5, 0.6) is 5.75 Å². The van der Waals surface area contributed by atoms with Gasteiger partial charge in [-0.25, -0.2) is 4.99 Å². The maximum Gasteiger partial charge on any atom is 0.282 e. The predicted octanol–water partition coefficient (Wildman–Crippen LogP) is 5.34. The predicted molar refractivity (Wildman–Crippen MR) is 126 cm³/mol. The molecule has 0 saturated carbocycles. The van der Waals surface area contributed by atoms with E-state index in [1.807, 2.05) is 55.5 Å². The highest BCUT2D eigenvalue weighted by atomic mass is 35.5. The zero-order valence-electron chi connectivity index (χ0n) is 16.6. The van der Waals surface area contributed by atoms with E-state index in [1.165, 1.54) is 11.8 Å². The van der Waals surface area contributed by atoms with Crippen LogP contribution in [-0.2, 0) is 11.3 Å². The first-order valence-electron chi connectivity index (χ1n) is 9.43. The SMILES string of the molecule is C=NC(=O)/C(=C/c1ccc2nccc(OCC)c2c1)SCNCc1ccccc1Cl. The monoisotopic (exact) mass is 439 g/mol. The highest BCUT2D eigenvalue weighted by molar-refractivity contribution is 8.04. The van der Waals surface area contributed by atoms with E-state index in [-0.39, 0.29) is 5.91 Å². The number of aromatic nitrogens is 1. The number of carbonyl (C=O) groups is 1. The Bertz CT molecular complexity index is 1080. The third-order valence-electron chi connectivity index (χ3n) is 4.28. The second kappa shape index (κ2) is 10.9. The van der Waals surface area contributed by atoms with Crippen molar-refractivity contribution >= 4 is 53.0 Å². The first-order chi connectivity index (χ1) is 14.6. The molecule has 3 rings (SSSR count). The summed E-state index contributed by atoms with van der Waals surface area (Å²) in [6, 6.07) is 15.3. The van der Waals surface area contributed by atoms with Crippen LogP contribution in [0.15, 0.2) is 64.6 Å². The fourth-order valence-electron chi connectivity index (χ4n) is 2.86. The number of nitrogens with zero attached hydrogens (tertiary/aromatic N) is 2. The van der Waals surface area contributed by atoms with Gasteiger partial charge in [0.1, 0.15) is 5.75 Å². The molecular weight excluding hydrogens is 418 g/mol. The van der Waals surface area contributed by atoms with Gasteiger partial charge in [0.25, 0.3) is 5.91 Å². The van der Waals surface area contributed by atoms with Gasteiger partial charge in [0.15, 0.2) is 0 Å². The molecule has 0 radical (unpaired) electrons. The first-order valence-corrected chi connectivity index (χ1v) is 10.8. The molecule has 0 spiro atoms. The third kappa shape index (κ3) is 5.69. The summed E-state index contributed by atoms with van der Waals surface area (Å²) < 4.78 is 5.70. The summed E-state index contributed by atoms with van der Waals surface area (Å²) >= 11 is 7.55. The van der Waals surface area contributed by atoms with Gasteiger partial charge in [0.2, 0.25) is 0 Å². The van der Waals surface area contributed by atoms with Crippen LogP contribution in [0.1, 0.15) is 18.1 Å². The Morgan fingerprint density at radius 3 is 2.90 bits per heavy atom.